The summed E-state index contributed by atoms with van der Waals surface area (Å²) in [5, 5.41) is 7.94. The fourth-order valence-electron chi connectivity index (χ4n) is 3.10. The molecule has 0 aliphatic heterocycles. The molecule has 2 aromatic rings. The molecule has 0 radical (unpaired) electrons. The molecular formula is C19H27N5O2. The van der Waals surface area contributed by atoms with Gasteiger partial charge in [-0.2, -0.15) is 5.10 Å². The van der Waals surface area contributed by atoms with E-state index in [0.29, 0.717) is 24.6 Å². The zero-order chi connectivity index (χ0) is 18.8. The Hall–Kier alpha value is -2.44. The number of hydrogen-bond acceptors (Lipinski definition) is 4. The van der Waals surface area contributed by atoms with Crippen molar-refractivity contribution in [3.63, 3.8) is 0 Å². The lowest BCUT2D eigenvalue weighted by Crippen LogP contribution is -2.40. The minimum atomic E-state index is -0.145. The monoisotopic (exact) mass is 357 g/mol. The summed E-state index contributed by atoms with van der Waals surface area (Å²) < 4.78 is 1.86. The lowest BCUT2D eigenvalue weighted by atomic mass is 10.1. The van der Waals surface area contributed by atoms with E-state index in [1.165, 1.54) is 0 Å². The maximum absolute atomic E-state index is 13.2. The van der Waals surface area contributed by atoms with Gasteiger partial charge in [0.25, 0.3) is 5.91 Å². The van der Waals surface area contributed by atoms with Crippen LogP contribution >= 0.6 is 0 Å². The normalized spacial score (nSPS) is 14.0. The van der Waals surface area contributed by atoms with Gasteiger partial charge in [-0.15, -0.1) is 0 Å². The number of likely N-dealkylation sites (N-methyl/N-ethyl adjacent to an activating group) is 2. The highest BCUT2D eigenvalue weighted by Gasteiger charge is 2.29. The molecule has 3 rings (SSSR count). The highest BCUT2D eigenvalue weighted by molar-refractivity contribution is 6.06. The van der Waals surface area contributed by atoms with Gasteiger partial charge in [0, 0.05) is 30.7 Å². The van der Waals surface area contributed by atoms with Gasteiger partial charge in [0.1, 0.15) is 0 Å². The number of rotatable bonds is 7. The lowest BCUT2D eigenvalue weighted by molar-refractivity contribution is -0.121. The molecule has 140 valence electrons. The molecule has 0 atom stereocenters. The molecule has 0 unspecified atom stereocenters. The van der Waals surface area contributed by atoms with Crippen LogP contribution in [0.3, 0.4) is 0 Å². The molecule has 1 aliphatic carbocycles. The summed E-state index contributed by atoms with van der Waals surface area (Å²) >= 11 is 0. The van der Waals surface area contributed by atoms with Crippen molar-refractivity contribution in [1.82, 2.24) is 25.0 Å². The predicted molar refractivity (Wildman–Crippen MR) is 100 cm³/mol. The Kier molecular flexibility index (Phi) is 5.25. The highest BCUT2D eigenvalue weighted by Crippen LogP contribution is 2.40. The third-order valence-electron chi connectivity index (χ3n) is 4.68. The quantitative estimate of drug-likeness (QED) is 0.825. The number of pyridine rings is 1. The number of nitrogens with zero attached hydrogens (tertiary/aromatic N) is 4. The summed E-state index contributed by atoms with van der Waals surface area (Å²) in [6, 6.07) is 2.06. The second kappa shape index (κ2) is 7.43. The van der Waals surface area contributed by atoms with Gasteiger partial charge in [-0.25, -0.2) is 9.67 Å². The molecular weight excluding hydrogens is 330 g/mol. The Morgan fingerprint density at radius 2 is 2.08 bits per heavy atom. The second-order valence-electron chi connectivity index (χ2n) is 7.06. The average Bonchev–Trinajstić information content (AvgIpc) is 3.37. The summed E-state index contributed by atoms with van der Waals surface area (Å²) in [6.45, 7) is 8.93. The molecule has 1 fully saturated rings. The van der Waals surface area contributed by atoms with Crippen molar-refractivity contribution in [2.75, 3.05) is 19.6 Å². The van der Waals surface area contributed by atoms with Crippen LogP contribution in [0.25, 0.3) is 11.0 Å². The number of carbonyl (C=O) groups excluding carboxylic acids is 2. The van der Waals surface area contributed by atoms with Crippen molar-refractivity contribution in [2.45, 2.75) is 52.5 Å². The molecule has 0 bridgehead atoms. The number of fused-ring (bicyclic) bond motifs is 1. The zero-order valence-electron chi connectivity index (χ0n) is 16.0. The van der Waals surface area contributed by atoms with Gasteiger partial charge in [0.05, 0.1) is 23.7 Å². The highest BCUT2D eigenvalue weighted by atomic mass is 16.2. The molecule has 1 N–H and O–H groups in total. The van der Waals surface area contributed by atoms with Crippen molar-refractivity contribution < 1.29 is 9.59 Å². The van der Waals surface area contributed by atoms with Crippen LogP contribution in [0.15, 0.2) is 12.3 Å². The van der Waals surface area contributed by atoms with E-state index in [1.54, 1.807) is 11.1 Å². The van der Waals surface area contributed by atoms with E-state index in [4.69, 9.17) is 4.98 Å². The predicted octanol–water partition coefficient (Wildman–Crippen LogP) is 2.49. The Balaban J connectivity index is 2.02. The molecule has 1 saturated carbocycles. The largest absolute Gasteiger partial charge is 0.355 e. The number of carbonyl (C=O) groups is 2. The molecule has 2 amide bonds. The molecule has 26 heavy (non-hydrogen) atoms. The summed E-state index contributed by atoms with van der Waals surface area (Å²) in [6.07, 6.45) is 3.93. The van der Waals surface area contributed by atoms with Crippen LogP contribution in [0, 0.1) is 0 Å². The SMILES string of the molecule is CCNC(=O)CN(CC)C(=O)c1cc(C2CC2)nc2c1cnn2C(C)C. The van der Waals surface area contributed by atoms with Crippen LogP contribution in [0.5, 0.6) is 0 Å². The number of nitrogens with one attached hydrogen (secondary N) is 1. The van der Waals surface area contributed by atoms with Crippen molar-refractivity contribution in [3.05, 3.63) is 23.5 Å². The van der Waals surface area contributed by atoms with Crippen molar-refractivity contribution >= 4 is 22.8 Å². The molecule has 2 heterocycles. The first kappa shape index (κ1) is 18.4. The first-order chi connectivity index (χ1) is 12.5. The maximum atomic E-state index is 13.2. The minimum absolute atomic E-state index is 0.0596. The van der Waals surface area contributed by atoms with Crippen LogP contribution in [0.1, 0.15) is 68.5 Å². The van der Waals surface area contributed by atoms with Crippen LogP contribution in [-0.4, -0.2) is 51.1 Å². The Morgan fingerprint density at radius 1 is 1.35 bits per heavy atom. The van der Waals surface area contributed by atoms with Crippen LogP contribution in [0.2, 0.25) is 0 Å². The molecule has 0 aromatic carbocycles. The molecule has 0 spiro atoms. The van der Waals surface area contributed by atoms with E-state index < -0.39 is 0 Å². The zero-order valence-corrected chi connectivity index (χ0v) is 16.0. The Bertz CT molecular complexity index is 823. The lowest BCUT2D eigenvalue weighted by Gasteiger charge is -2.21. The standard InChI is InChI=1S/C19H27N5O2/c1-5-20-17(25)11-23(6-2)19(26)14-9-16(13-7-8-13)22-18-15(14)10-21-24(18)12(3)4/h9-10,12-13H,5-8,11H2,1-4H3,(H,20,25). The van der Waals surface area contributed by atoms with Crippen LogP contribution in [-0.2, 0) is 4.79 Å². The van der Waals surface area contributed by atoms with Gasteiger partial charge < -0.3 is 10.2 Å². The second-order valence-corrected chi connectivity index (χ2v) is 7.06. The van der Waals surface area contributed by atoms with Crippen LogP contribution in [0.4, 0.5) is 0 Å². The topological polar surface area (TPSA) is 80.1 Å². The summed E-state index contributed by atoms with van der Waals surface area (Å²) in [7, 11) is 0. The number of amides is 2. The maximum Gasteiger partial charge on any atom is 0.255 e. The molecule has 2 aromatic heterocycles. The van der Waals surface area contributed by atoms with E-state index in [9.17, 15) is 9.59 Å². The van der Waals surface area contributed by atoms with Crippen LogP contribution < -0.4 is 5.32 Å². The average molecular weight is 357 g/mol. The number of aromatic nitrogens is 3. The van der Waals surface area contributed by atoms with Gasteiger partial charge in [0.2, 0.25) is 5.91 Å². The van der Waals surface area contributed by atoms with Crippen molar-refractivity contribution in [2.24, 2.45) is 0 Å². The van der Waals surface area contributed by atoms with Gasteiger partial charge >= 0.3 is 0 Å². The summed E-state index contributed by atoms with van der Waals surface area (Å²) in [5.74, 6) is 0.143. The Labute approximate surface area is 153 Å². The molecule has 7 nitrogen and oxygen atoms in total. The summed E-state index contributed by atoms with van der Waals surface area (Å²) in [5.41, 5.74) is 2.30. The van der Waals surface area contributed by atoms with E-state index in [0.717, 1.165) is 29.6 Å². The van der Waals surface area contributed by atoms with Gasteiger partial charge in [-0.05, 0) is 46.6 Å². The van der Waals surface area contributed by atoms with Gasteiger partial charge in [0.15, 0.2) is 5.65 Å². The van der Waals surface area contributed by atoms with E-state index in [2.05, 4.69) is 10.4 Å². The first-order valence-corrected chi connectivity index (χ1v) is 9.40. The smallest absolute Gasteiger partial charge is 0.255 e. The molecule has 0 saturated heterocycles. The molecule has 7 heteroatoms. The van der Waals surface area contributed by atoms with E-state index in [1.807, 2.05) is 38.4 Å². The van der Waals surface area contributed by atoms with E-state index >= 15 is 0 Å². The minimum Gasteiger partial charge on any atom is -0.355 e. The number of hydrogen-bond donors (Lipinski definition) is 1. The first-order valence-electron chi connectivity index (χ1n) is 9.40. The van der Waals surface area contributed by atoms with Gasteiger partial charge in [-0.3, -0.25) is 9.59 Å². The fraction of sp³-hybridized carbons (Fsp3) is 0.579. The Morgan fingerprint density at radius 3 is 2.65 bits per heavy atom. The molecule has 1 aliphatic rings. The fourth-order valence-corrected chi connectivity index (χ4v) is 3.10. The van der Waals surface area contributed by atoms with Crippen molar-refractivity contribution in [1.29, 1.82) is 0 Å². The third kappa shape index (κ3) is 3.57. The van der Waals surface area contributed by atoms with Crippen molar-refractivity contribution in [3.8, 4) is 0 Å². The van der Waals surface area contributed by atoms with Gasteiger partial charge in [-0.1, -0.05) is 0 Å². The summed E-state index contributed by atoms with van der Waals surface area (Å²) in [4.78, 5) is 31.5. The third-order valence-corrected chi connectivity index (χ3v) is 4.68. The van der Waals surface area contributed by atoms with E-state index in [-0.39, 0.29) is 24.4 Å².